The summed E-state index contributed by atoms with van der Waals surface area (Å²) in [5.74, 6) is -2.13. The topological polar surface area (TPSA) is 118 Å². The fourth-order valence-corrected chi connectivity index (χ4v) is 13.6. The lowest BCUT2D eigenvalue weighted by molar-refractivity contribution is -0.294. The van der Waals surface area contributed by atoms with E-state index in [0.717, 1.165) is 58.9 Å². The van der Waals surface area contributed by atoms with E-state index in [1.807, 2.05) is 20.8 Å². The summed E-state index contributed by atoms with van der Waals surface area (Å²) in [7, 11) is 0. The molecule has 2 aromatic rings. The van der Waals surface area contributed by atoms with Crippen LogP contribution < -0.4 is 0 Å². The number of carboxylic acid groups (broad SMARTS) is 1. The second-order valence-electron chi connectivity index (χ2n) is 19.1. The highest BCUT2D eigenvalue weighted by atomic mass is 16.6. The average molecular weight is 696 g/mol. The number of nitrogens with zero attached hydrogens (tertiary/aromatic N) is 1. The SMILES string of the molecule is C=C(C)C1C(=O)c2c3c(cc4c5c(n1c24)C1(C)C(CCC2C4(C)CC(/C=C(\C)C(=O)O)OC4(O)CCC21C)C5)C1=CC(C)(C)OC(C)(C)C1C3O. The standard InChI is InChI=1S/C43H53NO7/c1-20(2)32-35(46)30-29-24(27-19-38(4,5)51-39(6,7)31(27)34(29)45)17-25-26-16-22-11-12-28-40(8,42(22,10)36(26)44(32)33(25)30)13-14-43(49)41(28,9)18-23(50-43)15-21(3)37(47)48/h15,17,19,22-23,28,31-32,34,45,49H,1,11-14,16,18H2,2-10H3,(H,47,48)/b21-15+. The number of carbonyl (C=O) groups is 2. The minimum atomic E-state index is -1.35. The Balaban J connectivity index is 1.25. The highest BCUT2D eigenvalue weighted by molar-refractivity contribution is 6.18. The Morgan fingerprint density at radius 2 is 1.76 bits per heavy atom. The van der Waals surface area contributed by atoms with E-state index in [-0.39, 0.29) is 34.0 Å². The Morgan fingerprint density at radius 1 is 1.06 bits per heavy atom. The predicted molar refractivity (Wildman–Crippen MR) is 194 cm³/mol. The van der Waals surface area contributed by atoms with Crippen LogP contribution in [0.2, 0.25) is 0 Å². The summed E-state index contributed by atoms with van der Waals surface area (Å²) in [5, 5.41) is 35.1. The minimum Gasteiger partial charge on any atom is -0.478 e. The number of rotatable bonds is 3. The molecule has 9 rings (SSSR count). The summed E-state index contributed by atoms with van der Waals surface area (Å²) in [6.07, 6.45) is 7.10. The number of hydrogen-bond acceptors (Lipinski definition) is 6. The number of fused-ring (bicyclic) bond motifs is 13. The highest BCUT2D eigenvalue weighted by Gasteiger charge is 2.73. The summed E-state index contributed by atoms with van der Waals surface area (Å²) in [5.41, 5.74) is 5.65. The smallest absolute Gasteiger partial charge is 0.331 e. The minimum absolute atomic E-state index is 0.0144. The summed E-state index contributed by atoms with van der Waals surface area (Å²) in [6.45, 7) is 23.2. The van der Waals surface area contributed by atoms with Crippen LogP contribution in [0, 0.1) is 28.6 Å². The van der Waals surface area contributed by atoms with Crippen LogP contribution in [0.4, 0.5) is 0 Å². The number of ketones is 1. The van der Waals surface area contributed by atoms with Crippen molar-refractivity contribution in [3.8, 4) is 0 Å². The van der Waals surface area contributed by atoms with Crippen LogP contribution in [-0.2, 0) is 26.1 Å². The third-order valence-electron chi connectivity index (χ3n) is 15.6. The number of Topliss-reactive ketones (excluding diaryl/α,β-unsaturated/α-hetero) is 1. The molecule has 10 unspecified atom stereocenters. The van der Waals surface area contributed by atoms with Gasteiger partial charge in [-0.15, -0.1) is 0 Å². The molecule has 0 spiro atoms. The number of allylic oxidation sites excluding steroid dienone is 1. The van der Waals surface area contributed by atoms with Gasteiger partial charge in [-0.1, -0.05) is 32.9 Å². The molecule has 8 heteroatoms. The lowest BCUT2D eigenvalue weighted by atomic mass is 9.40. The predicted octanol–water partition coefficient (Wildman–Crippen LogP) is 7.74. The number of hydrogen-bond donors (Lipinski definition) is 3. The molecule has 4 heterocycles. The number of aromatic nitrogens is 1. The van der Waals surface area contributed by atoms with Crippen molar-refractivity contribution in [3.63, 3.8) is 0 Å². The van der Waals surface area contributed by atoms with Crippen molar-refractivity contribution in [2.75, 3.05) is 0 Å². The lowest BCUT2D eigenvalue weighted by Crippen LogP contribution is -2.65. The van der Waals surface area contributed by atoms with Crippen molar-refractivity contribution < 1.29 is 34.4 Å². The second kappa shape index (κ2) is 9.73. The number of ether oxygens (including phenoxy) is 2. The molecule has 8 nitrogen and oxygen atoms in total. The van der Waals surface area contributed by atoms with E-state index >= 15 is 0 Å². The molecule has 4 aliphatic carbocycles. The molecule has 0 amide bonds. The van der Waals surface area contributed by atoms with Gasteiger partial charge in [-0.3, -0.25) is 4.79 Å². The lowest BCUT2D eigenvalue weighted by Gasteiger charge is -2.65. The van der Waals surface area contributed by atoms with E-state index in [1.54, 1.807) is 13.0 Å². The second-order valence-corrected chi connectivity index (χ2v) is 19.1. The molecule has 3 fully saturated rings. The maximum atomic E-state index is 14.9. The Morgan fingerprint density at radius 3 is 2.43 bits per heavy atom. The molecular weight excluding hydrogens is 642 g/mol. The first-order valence-corrected chi connectivity index (χ1v) is 19.0. The molecule has 1 aromatic heterocycles. The van der Waals surface area contributed by atoms with Gasteiger partial charge in [0, 0.05) is 45.4 Å². The van der Waals surface area contributed by atoms with Crippen molar-refractivity contribution >= 4 is 28.2 Å². The molecule has 7 aliphatic rings. The van der Waals surface area contributed by atoms with Crippen LogP contribution in [0.15, 0.2) is 35.9 Å². The van der Waals surface area contributed by atoms with Gasteiger partial charge in [0.25, 0.3) is 0 Å². The van der Waals surface area contributed by atoms with E-state index in [2.05, 4.69) is 57.9 Å². The first-order valence-electron chi connectivity index (χ1n) is 19.0. The third-order valence-corrected chi connectivity index (χ3v) is 15.6. The Hall–Kier alpha value is -3.04. The molecule has 1 saturated heterocycles. The molecular formula is C43H53NO7. The molecule has 3 N–H and O–H groups in total. The Kier molecular flexibility index (Phi) is 6.44. The van der Waals surface area contributed by atoms with Crippen molar-refractivity contribution in [3.05, 3.63) is 63.9 Å². The van der Waals surface area contributed by atoms with Gasteiger partial charge < -0.3 is 29.4 Å². The van der Waals surface area contributed by atoms with Gasteiger partial charge in [0.05, 0.1) is 34.5 Å². The van der Waals surface area contributed by atoms with Crippen LogP contribution in [0.25, 0.3) is 16.5 Å². The summed E-state index contributed by atoms with van der Waals surface area (Å²) < 4.78 is 15.3. The Bertz CT molecular complexity index is 2080. The van der Waals surface area contributed by atoms with Gasteiger partial charge in [0.15, 0.2) is 11.6 Å². The van der Waals surface area contributed by atoms with Crippen LogP contribution in [0.3, 0.4) is 0 Å². The van der Waals surface area contributed by atoms with E-state index in [0.29, 0.717) is 24.3 Å². The molecule has 2 saturated carbocycles. The zero-order valence-electron chi connectivity index (χ0n) is 31.6. The maximum Gasteiger partial charge on any atom is 0.331 e. The highest BCUT2D eigenvalue weighted by Crippen LogP contribution is 2.74. The van der Waals surface area contributed by atoms with Crippen molar-refractivity contribution in [1.82, 2.24) is 4.57 Å². The summed E-state index contributed by atoms with van der Waals surface area (Å²) in [6, 6.07) is 1.74. The van der Waals surface area contributed by atoms with Crippen LogP contribution in [0.5, 0.6) is 0 Å². The van der Waals surface area contributed by atoms with E-state index in [4.69, 9.17) is 9.47 Å². The number of benzene rings is 1. The number of aliphatic hydroxyl groups excluding tert-OH is 1. The maximum absolute atomic E-state index is 14.9. The molecule has 51 heavy (non-hydrogen) atoms. The summed E-state index contributed by atoms with van der Waals surface area (Å²) >= 11 is 0. The third kappa shape index (κ3) is 3.80. The molecule has 1 aromatic carbocycles. The van der Waals surface area contributed by atoms with Gasteiger partial charge in [-0.2, -0.15) is 0 Å². The van der Waals surface area contributed by atoms with Crippen molar-refractivity contribution in [1.29, 1.82) is 0 Å². The van der Waals surface area contributed by atoms with E-state index in [1.165, 1.54) is 11.3 Å². The largest absolute Gasteiger partial charge is 0.478 e. The fourth-order valence-electron chi connectivity index (χ4n) is 13.6. The Labute approximate surface area is 300 Å². The van der Waals surface area contributed by atoms with E-state index in [9.17, 15) is 24.9 Å². The number of carboxylic acids is 1. The van der Waals surface area contributed by atoms with Crippen LogP contribution in [-0.4, -0.2) is 54.7 Å². The van der Waals surface area contributed by atoms with Crippen molar-refractivity contribution in [2.45, 2.75) is 141 Å². The van der Waals surface area contributed by atoms with Crippen molar-refractivity contribution in [2.24, 2.45) is 28.6 Å². The van der Waals surface area contributed by atoms with Crippen LogP contribution >= 0.6 is 0 Å². The summed E-state index contributed by atoms with van der Waals surface area (Å²) in [4.78, 5) is 26.6. The quantitative estimate of drug-likeness (QED) is 0.222. The van der Waals surface area contributed by atoms with Gasteiger partial charge >= 0.3 is 5.97 Å². The first-order chi connectivity index (χ1) is 23.6. The molecule has 0 radical (unpaired) electrons. The molecule has 3 aliphatic heterocycles. The zero-order valence-corrected chi connectivity index (χ0v) is 31.6. The number of aliphatic hydroxyl groups is 2. The van der Waals surface area contributed by atoms with Gasteiger partial charge in [-0.05, 0) is 126 Å². The zero-order chi connectivity index (χ0) is 36.7. The van der Waals surface area contributed by atoms with Crippen LogP contribution in [0.1, 0.15) is 139 Å². The number of aliphatic carboxylic acids is 1. The average Bonchev–Trinajstić information content (AvgIpc) is 3.73. The first kappa shape index (κ1) is 33.8. The van der Waals surface area contributed by atoms with Gasteiger partial charge in [-0.25, -0.2) is 4.79 Å². The monoisotopic (exact) mass is 695 g/mol. The molecule has 272 valence electrons. The van der Waals surface area contributed by atoms with Gasteiger partial charge in [0.2, 0.25) is 0 Å². The number of carbonyl (C=O) groups excluding carboxylic acids is 1. The van der Waals surface area contributed by atoms with Gasteiger partial charge in [0.1, 0.15) is 6.04 Å². The fraction of sp³-hybridized carbons (Fsp3) is 0.628. The molecule has 0 bridgehead atoms. The van der Waals surface area contributed by atoms with E-state index < -0.39 is 46.6 Å². The molecule has 10 atom stereocenters. The normalized spacial score (nSPS) is 42.5.